The van der Waals surface area contributed by atoms with Crippen LogP contribution in [0.15, 0.2) is 41.5 Å². The molecule has 5 rings (SSSR count). The topological polar surface area (TPSA) is 136 Å². The molecule has 3 N–H and O–H groups in total. The first-order valence-corrected chi connectivity index (χ1v) is 12.1. The standard InChI is InChI=1S/C26H29N7O3/c1-14-10-11-17(12-15(14)2)22-24(35)21(26(36)33(22)3)28-27-20-9-5-8-19(23(20)34)16-6-4-7-18(13-16)25-29-31-32-30-25/h5,8-12,16,18,22,27,34H,4,6-7,13H2,1-3H3,(H,29,30,31,32). The average molecular weight is 488 g/mol. The number of aromatic amines is 1. The minimum atomic E-state index is -0.720. The van der Waals surface area contributed by atoms with Crippen molar-refractivity contribution >= 4 is 23.1 Å². The molecule has 2 fully saturated rings. The molecule has 1 amide bonds. The monoisotopic (exact) mass is 487 g/mol. The van der Waals surface area contributed by atoms with Crippen LogP contribution in [0.3, 0.4) is 0 Å². The molecule has 1 saturated carbocycles. The van der Waals surface area contributed by atoms with Crippen LogP contribution in [0.5, 0.6) is 5.75 Å². The highest BCUT2D eigenvalue weighted by Gasteiger charge is 2.43. The van der Waals surface area contributed by atoms with Crippen molar-refractivity contribution in [3.05, 3.63) is 64.5 Å². The van der Waals surface area contributed by atoms with Gasteiger partial charge < -0.3 is 10.0 Å². The molecule has 1 aromatic heterocycles. The number of hydrogen-bond donors (Lipinski definition) is 3. The molecule has 0 spiro atoms. The van der Waals surface area contributed by atoms with Crippen LogP contribution in [0, 0.1) is 13.8 Å². The number of ketones is 1. The number of rotatable bonds is 5. The van der Waals surface area contributed by atoms with Gasteiger partial charge in [0.1, 0.15) is 11.8 Å². The maximum Gasteiger partial charge on any atom is 0.278 e. The third-order valence-electron chi connectivity index (χ3n) is 7.46. The summed E-state index contributed by atoms with van der Waals surface area (Å²) in [6.45, 7) is 3.98. The van der Waals surface area contributed by atoms with E-state index in [4.69, 9.17) is 0 Å². The van der Waals surface area contributed by atoms with Gasteiger partial charge in [-0.05, 0) is 77.8 Å². The zero-order valence-electron chi connectivity index (χ0n) is 20.5. The normalized spacial score (nSPS) is 23.5. The van der Waals surface area contributed by atoms with Crippen molar-refractivity contribution in [3.63, 3.8) is 0 Å². The van der Waals surface area contributed by atoms with E-state index in [-0.39, 0.29) is 29.1 Å². The summed E-state index contributed by atoms with van der Waals surface area (Å²) < 4.78 is 0. The Morgan fingerprint density at radius 2 is 1.92 bits per heavy atom. The number of benzene rings is 2. The maximum atomic E-state index is 13.2. The van der Waals surface area contributed by atoms with Crippen LogP contribution in [0.2, 0.25) is 0 Å². The quantitative estimate of drug-likeness (QED) is 0.370. The molecule has 0 bridgehead atoms. The average Bonchev–Trinajstić information content (AvgIpc) is 3.48. The summed E-state index contributed by atoms with van der Waals surface area (Å²) in [6.07, 6.45) is 3.72. The largest absolute Gasteiger partial charge is 0.505 e. The Bertz CT molecular complexity index is 1340. The van der Waals surface area contributed by atoms with Crippen LogP contribution in [0.25, 0.3) is 0 Å². The van der Waals surface area contributed by atoms with Crippen molar-refractivity contribution in [1.29, 1.82) is 0 Å². The molecular weight excluding hydrogens is 458 g/mol. The van der Waals surface area contributed by atoms with Crippen molar-refractivity contribution in [1.82, 2.24) is 25.5 Å². The fourth-order valence-electron chi connectivity index (χ4n) is 5.26. The number of phenols is 1. The summed E-state index contributed by atoms with van der Waals surface area (Å²) in [6, 6.07) is 10.4. The number of nitrogens with one attached hydrogen (secondary N) is 2. The summed E-state index contributed by atoms with van der Waals surface area (Å²) in [7, 11) is 1.60. The van der Waals surface area contributed by atoms with Crippen LogP contribution in [0.1, 0.15) is 71.6 Å². The second-order valence-corrected chi connectivity index (χ2v) is 9.69. The molecule has 2 aromatic carbocycles. The number of H-pyrrole nitrogens is 1. The van der Waals surface area contributed by atoms with E-state index >= 15 is 0 Å². The van der Waals surface area contributed by atoms with Crippen molar-refractivity contribution in [3.8, 4) is 5.75 Å². The van der Waals surface area contributed by atoms with Gasteiger partial charge in [-0.15, -0.1) is 5.10 Å². The van der Waals surface area contributed by atoms with E-state index in [2.05, 4.69) is 31.2 Å². The van der Waals surface area contributed by atoms with Gasteiger partial charge in [0.15, 0.2) is 11.5 Å². The number of amides is 1. The number of aryl methyl sites for hydroxylation is 2. The number of nitrogens with zero attached hydrogens (tertiary/aromatic N) is 5. The van der Waals surface area contributed by atoms with Gasteiger partial charge in [-0.1, -0.05) is 36.8 Å². The van der Waals surface area contributed by atoms with Gasteiger partial charge in [-0.2, -0.15) is 5.10 Å². The van der Waals surface area contributed by atoms with Crippen LogP contribution in [-0.2, 0) is 9.59 Å². The number of anilines is 1. The van der Waals surface area contributed by atoms with Crippen LogP contribution in [0.4, 0.5) is 5.69 Å². The lowest BCUT2D eigenvalue weighted by Crippen LogP contribution is -2.25. The van der Waals surface area contributed by atoms with E-state index < -0.39 is 11.9 Å². The smallest absolute Gasteiger partial charge is 0.278 e. The Morgan fingerprint density at radius 1 is 1.11 bits per heavy atom. The SMILES string of the molecule is Cc1ccc(C2C(=O)C(=NNc3cccc(C4CCCC(c5nnn[nH]5)C4)c3O)C(=O)N2C)cc1C. The third kappa shape index (κ3) is 4.23. The number of aromatic nitrogens is 4. The molecule has 10 nitrogen and oxygen atoms in total. The zero-order valence-corrected chi connectivity index (χ0v) is 20.5. The summed E-state index contributed by atoms with van der Waals surface area (Å²) in [5.41, 5.74) is 6.67. The molecule has 186 valence electrons. The van der Waals surface area contributed by atoms with Gasteiger partial charge >= 0.3 is 0 Å². The fraction of sp³-hybridized carbons (Fsp3) is 0.385. The maximum absolute atomic E-state index is 13.2. The van der Waals surface area contributed by atoms with Crippen molar-refractivity contribution in [2.45, 2.75) is 57.4 Å². The van der Waals surface area contributed by atoms with E-state index in [1.165, 1.54) is 4.90 Å². The Hall–Kier alpha value is -4.08. The Kier molecular flexibility index (Phi) is 6.26. The second kappa shape index (κ2) is 9.52. The lowest BCUT2D eigenvalue weighted by Gasteiger charge is -2.28. The molecule has 1 aliphatic carbocycles. The molecule has 3 atom stereocenters. The van der Waals surface area contributed by atoms with E-state index in [9.17, 15) is 14.7 Å². The number of tetrazole rings is 1. The highest BCUT2D eigenvalue weighted by Crippen LogP contribution is 2.44. The van der Waals surface area contributed by atoms with Crippen LogP contribution >= 0.6 is 0 Å². The van der Waals surface area contributed by atoms with Gasteiger partial charge in [0.2, 0.25) is 5.78 Å². The van der Waals surface area contributed by atoms with E-state index in [1.54, 1.807) is 13.1 Å². The minimum Gasteiger partial charge on any atom is -0.505 e. The molecule has 3 unspecified atom stereocenters. The fourth-order valence-corrected chi connectivity index (χ4v) is 5.26. The lowest BCUT2D eigenvalue weighted by molar-refractivity contribution is -0.124. The van der Waals surface area contributed by atoms with Crippen molar-refractivity contribution < 1.29 is 14.7 Å². The number of carbonyl (C=O) groups excluding carboxylic acids is 2. The number of hydrogen-bond acceptors (Lipinski definition) is 8. The first-order valence-electron chi connectivity index (χ1n) is 12.1. The molecule has 10 heteroatoms. The minimum absolute atomic E-state index is 0.0696. The van der Waals surface area contributed by atoms with Crippen molar-refractivity contribution in [2.24, 2.45) is 5.10 Å². The number of carbonyl (C=O) groups is 2. The number of hydrazone groups is 1. The molecule has 0 radical (unpaired) electrons. The van der Waals surface area contributed by atoms with Crippen LogP contribution < -0.4 is 5.43 Å². The highest BCUT2D eigenvalue weighted by molar-refractivity contribution is 6.69. The molecule has 36 heavy (non-hydrogen) atoms. The molecular formula is C26H29N7O3. The highest BCUT2D eigenvalue weighted by atomic mass is 16.3. The molecule has 2 heterocycles. The first-order chi connectivity index (χ1) is 17.3. The summed E-state index contributed by atoms with van der Waals surface area (Å²) in [5, 5.41) is 29.5. The number of aromatic hydroxyl groups is 1. The van der Waals surface area contributed by atoms with Gasteiger partial charge in [-0.3, -0.25) is 15.0 Å². The predicted octanol–water partition coefficient (Wildman–Crippen LogP) is 3.51. The molecule has 1 aliphatic heterocycles. The predicted molar refractivity (Wildman–Crippen MR) is 134 cm³/mol. The number of likely N-dealkylation sites (tertiary alicyclic amines) is 1. The second-order valence-electron chi connectivity index (χ2n) is 9.69. The third-order valence-corrected chi connectivity index (χ3v) is 7.46. The molecule has 1 saturated heterocycles. The number of Topliss-reactive ketones (excluding diaryl/α,β-unsaturated/α-hetero) is 1. The summed E-state index contributed by atoms with van der Waals surface area (Å²) in [4.78, 5) is 27.5. The van der Waals surface area contributed by atoms with Gasteiger partial charge in [0, 0.05) is 13.0 Å². The van der Waals surface area contributed by atoms with Crippen LogP contribution in [-0.4, -0.2) is 55.1 Å². The Balaban J connectivity index is 1.36. The Morgan fingerprint density at radius 3 is 2.67 bits per heavy atom. The Labute approximate surface area is 208 Å². The van der Waals surface area contributed by atoms with Gasteiger partial charge in [0.05, 0.1) is 5.69 Å². The zero-order chi connectivity index (χ0) is 25.4. The van der Waals surface area contributed by atoms with Gasteiger partial charge in [-0.25, -0.2) is 5.10 Å². The summed E-state index contributed by atoms with van der Waals surface area (Å²) >= 11 is 0. The van der Waals surface area contributed by atoms with E-state index in [1.807, 2.05) is 44.2 Å². The summed E-state index contributed by atoms with van der Waals surface area (Å²) in [5.74, 6) is 0.326. The van der Waals surface area contributed by atoms with E-state index in [0.717, 1.165) is 53.8 Å². The van der Waals surface area contributed by atoms with E-state index in [0.29, 0.717) is 5.69 Å². The molecule has 3 aromatic rings. The van der Waals surface area contributed by atoms with Crippen molar-refractivity contribution in [2.75, 3.05) is 12.5 Å². The van der Waals surface area contributed by atoms with Gasteiger partial charge in [0.25, 0.3) is 5.91 Å². The number of phenolic OH excluding ortho intramolecular Hbond substituents is 1. The lowest BCUT2D eigenvalue weighted by atomic mass is 9.77. The first kappa shape index (κ1) is 23.7. The number of likely N-dealkylation sites (N-methyl/N-ethyl adjacent to an activating group) is 1. The molecule has 2 aliphatic rings. The number of para-hydroxylation sites is 1.